The molecule has 10 heavy (non-hydrogen) atoms. The van der Waals surface area contributed by atoms with E-state index in [0.29, 0.717) is 6.42 Å². The Hall–Kier alpha value is -0.570. The number of carbonyl (C=O) groups excluding carboxylic acids is 1. The predicted octanol–water partition coefficient (Wildman–Crippen LogP) is 0.0187. The van der Waals surface area contributed by atoms with E-state index in [1.165, 1.54) is 12.8 Å². The highest BCUT2D eigenvalue weighted by Gasteiger charge is 2.15. The van der Waals surface area contributed by atoms with E-state index in [9.17, 15) is 4.79 Å². The van der Waals surface area contributed by atoms with Crippen molar-refractivity contribution >= 4 is 5.91 Å². The van der Waals surface area contributed by atoms with E-state index in [2.05, 4.69) is 5.32 Å². The topological polar surface area (TPSA) is 57.2 Å². The average Bonchev–Trinajstić information content (AvgIpc) is 1.88. The Balaban J connectivity index is 2.19. The number of carbonyl (C=O) groups is 1. The van der Waals surface area contributed by atoms with Crippen molar-refractivity contribution in [1.29, 1.82) is 0 Å². The zero-order valence-electron chi connectivity index (χ0n) is 6.05. The molecule has 1 atom stereocenters. The number of rotatable bonds is 2. The van der Waals surface area contributed by atoms with Crippen LogP contribution in [0.2, 0.25) is 0 Å². The third kappa shape index (κ3) is 2.35. The van der Waals surface area contributed by atoms with Gasteiger partial charge in [-0.3, -0.25) is 4.79 Å². The van der Waals surface area contributed by atoms with Crippen molar-refractivity contribution in [2.24, 2.45) is 5.73 Å². The van der Waals surface area contributed by atoms with Crippen LogP contribution in [0.5, 0.6) is 0 Å². The van der Waals surface area contributed by atoms with E-state index < -0.39 is 0 Å². The molecule has 57 valence electrons. The zero-order valence-corrected chi connectivity index (χ0v) is 6.05. The van der Waals surface area contributed by atoms with Crippen molar-refractivity contribution in [1.82, 2.24) is 5.32 Å². The lowest BCUT2D eigenvalue weighted by Crippen LogP contribution is -2.32. The Morgan fingerprint density at radius 2 is 2.40 bits per heavy atom. The number of hydrogen-bond donors (Lipinski definition) is 1. The highest BCUT2D eigenvalue weighted by Crippen LogP contribution is 2.10. The van der Waals surface area contributed by atoms with Crippen molar-refractivity contribution in [3.05, 3.63) is 0 Å². The minimum Gasteiger partial charge on any atom is -0.370 e. The van der Waals surface area contributed by atoms with Crippen molar-refractivity contribution in [3.8, 4) is 0 Å². The number of primary amides is 1. The van der Waals surface area contributed by atoms with Gasteiger partial charge in [0.15, 0.2) is 0 Å². The van der Waals surface area contributed by atoms with Gasteiger partial charge in [-0.2, -0.15) is 0 Å². The van der Waals surface area contributed by atoms with Crippen LogP contribution in [0.3, 0.4) is 0 Å². The molecule has 0 bridgehead atoms. The third-order valence-electron chi connectivity index (χ3n) is 1.77. The first-order chi connectivity index (χ1) is 4.79. The van der Waals surface area contributed by atoms with E-state index in [0.717, 1.165) is 13.0 Å². The van der Waals surface area contributed by atoms with Crippen molar-refractivity contribution in [2.45, 2.75) is 31.7 Å². The summed E-state index contributed by atoms with van der Waals surface area (Å²) < 4.78 is 0. The molecular weight excluding hydrogens is 128 g/mol. The van der Waals surface area contributed by atoms with Crippen LogP contribution in [-0.4, -0.2) is 18.5 Å². The van der Waals surface area contributed by atoms with Crippen molar-refractivity contribution in [3.63, 3.8) is 0 Å². The van der Waals surface area contributed by atoms with Crippen LogP contribution in [-0.2, 0) is 4.79 Å². The standard InChI is InChI=1S/C7H13N2O/c8-7(10)5-6-3-1-2-4-9-6/h6H,1-5H2,(H2,8,10). The van der Waals surface area contributed by atoms with Crippen LogP contribution in [0.25, 0.3) is 0 Å². The fourth-order valence-electron chi connectivity index (χ4n) is 1.26. The summed E-state index contributed by atoms with van der Waals surface area (Å²) in [6, 6.07) is 0.228. The Labute approximate surface area is 61.0 Å². The molecule has 2 N–H and O–H groups in total. The summed E-state index contributed by atoms with van der Waals surface area (Å²) in [6.07, 6.45) is 3.86. The highest BCUT2D eigenvalue weighted by atomic mass is 16.1. The van der Waals surface area contributed by atoms with Crippen LogP contribution in [0, 0.1) is 0 Å². The second-order valence-corrected chi connectivity index (χ2v) is 2.73. The maximum atomic E-state index is 10.4. The first kappa shape index (κ1) is 7.54. The van der Waals surface area contributed by atoms with Gasteiger partial charge in [-0.1, -0.05) is 6.42 Å². The number of nitrogens with two attached hydrogens (primary N) is 1. The van der Waals surface area contributed by atoms with Crippen LogP contribution < -0.4 is 11.1 Å². The Kier molecular flexibility index (Phi) is 2.68. The number of hydrogen-bond acceptors (Lipinski definition) is 1. The lowest BCUT2D eigenvalue weighted by atomic mass is 10.0. The fourth-order valence-corrected chi connectivity index (χ4v) is 1.26. The Bertz CT molecular complexity index is 119. The molecule has 0 aliphatic carbocycles. The van der Waals surface area contributed by atoms with Gasteiger partial charge in [-0.25, -0.2) is 5.32 Å². The number of piperidine rings is 1. The maximum absolute atomic E-state index is 10.4. The molecule has 0 saturated carbocycles. The summed E-state index contributed by atoms with van der Waals surface area (Å²) in [4.78, 5) is 10.4. The van der Waals surface area contributed by atoms with Crippen molar-refractivity contribution < 1.29 is 4.79 Å². The number of nitrogens with zero attached hydrogens (tertiary/aromatic N) is 1. The first-order valence-electron chi connectivity index (χ1n) is 3.74. The molecule has 0 aromatic rings. The molecule has 1 aliphatic heterocycles. The molecule has 3 nitrogen and oxygen atoms in total. The summed E-state index contributed by atoms with van der Waals surface area (Å²) in [7, 11) is 0. The van der Waals surface area contributed by atoms with Gasteiger partial charge in [-0.05, 0) is 12.8 Å². The molecular formula is C7H13N2O. The summed E-state index contributed by atoms with van der Waals surface area (Å²) in [5.41, 5.74) is 5.02. The molecule has 0 aromatic heterocycles. The molecule has 1 amide bonds. The molecule has 0 aromatic carbocycles. The molecule has 1 rings (SSSR count). The average molecular weight is 141 g/mol. The van der Waals surface area contributed by atoms with Gasteiger partial charge in [0.2, 0.25) is 5.91 Å². The Morgan fingerprint density at radius 3 is 2.90 bits per heavy atom. The summed E-state index contributed by atoms with van der Waals surface area (Å²) in [5, 5.41) is 4.27. The summed E-state index contributed by atoms with van der Waals surface area (Å²) >= 11 is 0. The van der Waals surface area contributed by atoms with Gasteiger partial charge < -0.3 is 5.73 Å². The highest BCUT2D eigenvalue weighted by molar-refractivity contribution is 5.74. The van der Waals surface area contributed by atoms with Crippen LogP contribution in [0.4, 0.5) is 0 Å². The maximum Gasteiger partial charge on any atom is 0.219 e. The quantitative estimate of drug-likeness (QED) is 0.579. The molecule has 1 heterocycles. The largest absolute Gasteiger partial charge is 0.370 e. The smallest absolute Gasteiger partial charge is 0.219 e. The van der Waals surface area contributed by atoms with E-state index in [1.807, 2.05) is 0 Å². The number of amides is 1. The van der Waals surface area contributed by atoms with Crippen molar-refractivity contribution in [2.75, 3.05) is 6.54 Å². The third-order valence-corrected chi connectivity index (χ3v) is 1.77. The predicted molar refractivity (Wildman–Crippen MR) is 38.5 cm³/mol. The molecule has 3 heteroatoms. The summed E-state index contributed by atoms with van der Waals surface area (Å²) in [5.74, 6) is -0.226. The molecule has 1 fully saturated rings. The van der Waals surface area contributed by atoms with Gasteiger partial charge in [0.1, 0.15) is 0 Å². The Morgan fingerprint density at radius 1 is 1.60 bits per heavy atom. The minimum atomic E-state index is -0.226. The fraction of sp³-hybridized carbons (Fsp3) is 0.857. The second kappa shape index (κ2) is 3.56. The van der Waals surface area contributed by atoms with Gasteiger partial charge in [0.25, 0.3) is 0 Å². The monoisotopic (exact) mass is 141 g/mol. The molecule has 1 aliphatic rings. The van der Waals surface area contributed by atoms with E-state index in [1.54, 1.807) is 0 Å². The summed E-state index contributed by atoms with van der Waals surface area (Å²) in [6.45, 7) is 0.915. The van der Waals surface area contributed by atoms with Crippen LogP contribution in [0.1, 0.15) is 25.7 Å². The van der Waals surface area contributed by atoms with E-state index >= 15 is 0 Å². The van der Waals surface area contributed by atoms with Gasteiger partial charge >= 0.3 is 0 Å². The SMILES string of the molecule is NC(=O)CC1CCCC[N]1. The van der Waals surface area contributed by atoms with Crippen LogP contribution in [0.15, 0.2) is 0 Å². The van der Waals surface area contributed by atoms with Gasteiger partial charge in [0.05, 0.1) is 0 Å². The van der Waals surface area contributed by atoms with E-state index in [4.69, 9.17) is 5.73 Å². The second-order valence-electron chi connectivity index (χ2n) is 2.73. The molecule has 1 radical (unpaired) electrons. The first-order valence-corrected chi connectivity index (χ1v) is 3.74. The molecule has 1 saturated heterocycles. The minimum absolute atomic E-state index is 0.226. The normalized spacial score (nSPS) is 26.2. The van der Waals surface area contributed by atoms with Gasteiger partial charge in [0, 0.05) is 19.0 Å². The van der Waals surface area contributed by atoms with E-state index in [-0.39, 0.29) is 11.9 Å². The molecule has 0 spiro atoms. The lowest BCUT2D eigenvalue weighted by molar-refractivity contribution is -0.118. The molecule has 1 unspecified atom stereocenters. The van der Waals surface area contributed by atoms with Gasteiger partial charge in [-0.15, -0.1) is 0 Å². The van der Waals surface area contributed by atoms with Crippen LogP contribution >= 0.6 is 0 Å². The lowest BCUT2D eigenvalue weighted by Gasteiger charge is -2.19. The zero-order chi connectivity index (χ0) is 7.40.